The van der Waals surface area contributed by atoms with E-state index in [0.29, 0.717) is 45.1 Å². The number of carbonyl (C=O) groups excluding carboxylic acids is 2. The third-order valence-corrected chi connectivity index (χ3v) is 4.06. The van der Waals surface area contributed by atoms with Crippen LogP contribution in [0, 0.1) is 5.92 Å². The minimum atomic E-state index is 0.125. The number of unbranched alkanes of at least 4 members (excludes halogenated alkanes) is 1. The largest absolute Gasteiger partial charge is 0.381 e. The Morgan fingerprint density at radius 2 is 1.37 bits per heavy atom. The Morgan fingerprint density at radius 1 is 0.889 bits per heavy atom. The molecule has 154 valence electrons. The lowest BCUT2D eigenvalue weighted by atomic mass is 10.1. The first-order valence-corrected chi connectivity index (χ1v) is 10.3. The maximum absolute atomic E-state index is 11.5. The molecule has 0 unspecified atom stereocenters. The van der Waals surface area contributed by atoms with Crippen LogP contribution >= 0.6 is 0 Å². The van der Waals surface area contributed by atoms with Gasteiger partial charge >= 0.3 is 0 Å². The van der Waals surface area contributed by atoms with Crippen molar-refractivity contribution in [3.05, 3.63) is 35.4 Å². The van der Waals surface area contributed by atoms with Crippen molar-refractivity contribution in [2.75, 3.05) is 26.4 Å². The van der Waals surface area contributed by atoms with Crippen LogP contribution in [0.5, 0.6) is 0 Å². The van der Waals surface area contributed by atoms with Gasteiger partial charge in [-0.05, 0) is 36.8 Å². The average Bonchev–Trinajstić information content (AvgIpc) is 2.69. The molecule has 0 bridgehead atoms. The Morgan fingerprint density at radius 3 is 1.81 bits per heavy atom. The fourth-order valence-corrected chi connectivity index (χ4v) is 2.36. The molecule has 1 aromatic carbocycles. The molecule has 0 heterocycles. The molecule has 0 amide bonds. The summed E-state index contributed by atoms with van der Waals surface area (Å²) in [5, 5.41) is 0. The third-order valence-electron chi connectivity index (χ3n) is 4.06. The predicted octanol–water partition coefficient (Wildman–Crippen LogP) is 4.82. The first kappa shape index (κ1) is 25.5. The number of benzene rings is 1. The van der Waals surface area contributed by atoms with E-state index in [4.69, 9.17) is 9.47 Å². The number of carbonyl (C=O) groups is 2. The van der Waals surface area contributed by atoms with Gasteiger partial charge in [0.2, 0.25) is 0 Å². The minimum absolute atomic E-state index is 0.125. The molecule has 0 saturated carbocycles. The van der Waals surface area contributed by atoms with E-state index in [-0.39, 0.29) is 5.92 Å². The van der Waals surface area contributed by atoms with E-state index in [1.165, 1.54) is 11.1 Å². The van der Waals surface area contributed by atoms with Crippen LogP contribution in [-0.2, 0) is 31.9 Å². The highest BCUT2D eigenvalue weighted by molar-refractivity contribution is 5.80. The second kappa shape index (κ2) is 17.9. The molecule has 1 rings (SSSR count). The lowest BCUT2D eigenvalue weighted by Crippen LogP contribution is -2.08. The monoisotopic (exact) mass is 378 g/mol. The minimum Gasteiger partial charge on any atom is -0.381 e. The Kier molecular flexibility index (Phi) is 16.9. The summed E-state index contributed by atoms with van der Waals surface area (Å²) in [6.45, 7) is 10.6. The molecule has 0 aliphatic rings. The highest BCUT2D eigenvalue weighted by Crippen LogP contribution is 2.07. The molecular formula is C23H38O4. The molecule has 27 heavy (non-hydrogen) atoms. The second-order valence-electron chi connectivity index (χ2n) is 6.57. The molecule has 0 spiro atoms. The normalized spacial score (nSPS) is 10.4. The molecule has 0 saturated heterocycles. The highest BCUT2D eigenvalue weighted by Gasteiger charge is 2.06. The number of ether oxygens (including phenoxy) is 2. The van der Waals surface area contributed by atoms with E-state index in [9.17, 15) is 9.59 Å². The number of ketones is 1. The molecule has 4 heteroatoms. The summed E-state index contributed by atoms with van der Waals surface area (Å²) in [7, 11) is 0. The van der Waals surface area contributed by atoms with Gasteiger partial charge in [-0.15, -0.1) is 0 Å². The van der Waals surface area contributed by atoms with Crippen molar-refractivity contribution in [2.24, 2.45) is 5.92 Å². The van der Waals surface area contributed by atoms with Crippen molar-refractivity contribution in [3.8, 4) is 0 Å². The summed E-state index contributed by atoms with van der Waals surface area (Å²) in [5.74, 6) is 0.437. The SMILES string of the molecule is CC.CC(C)C(=O)CCCOCCc1ccc(CCOCCCC=O)cc1. The van der Waals surface area contributed by atoms with E-state index < -0.39 is 0 Å². The Bertz CT molecular complexity index is 480. The van der Waals surface area contributed by atoms with Crippen molar-refractivity contribution in [3.63, 3.8) is 0 Å². The van der Waals surface area contributed by atoms with Crippen LogP contribution in [-0.4, -0.2) is 38.5 Å². The Hall–Kier alpha value is -1.52. The number of aldehydes is 1. The quantitative estimate of drug-likeness (QED) is 0.324. The smallest absolute Gasteiger partial charge is 0.135 e. The molecule has 1 aromatic rings. The maximum atomic E-state index is 11.5. The molecule has 4 nitrogen and oxygen atoms in total. The summed E-state index contributed by atoms with van der Waals surface area (Å²) in [5.41, 5.74) is 2.51. The third kappa shape index (κ3) is 14.2. The zero-order valence-electron chi connectivity index (χ0n) is 17.7. The first-order valence-electron chi connectivity index (χ1n) is 10.3. The van der Waals surface area contributed by atoms with Gasteiger partial charge in [-0.25, -0.2) is 0 Å². The van der Waals surface area contributed by atoms with Crippen LogP contribution in [0.15, 0.2) is 24.3 Å². The average molecular weight is 379 g/mol. The van der Waals surface area contributed by atoms with E-state index in [0.717, 1.165) is 32.0 Å². The van der Waals surface area contributed by atoms with Gasteiger partial charge < -0.3 is 14.3 Å². The maximum Gasteiger partial charge on any atom is 0.135 e. The standard InChI is InChI=1S/C21H32O4.C2H6/c1-18(2)21(23)6-5-15-25-17-12-20-9-7-19(8-10-20)11-16-24-14-4-3-13-22;1-2/h7-10,13,18H,3-6,11-12,14-17H2,1-2H3;1-2H3. The van der Waals surface area contributed by atoms with Gasteiger partial charge in [0.1, 0.15) is 12.1 Å². The van der Waals surface area contributed by atoms with Gasteiger partial charge in [-0.3, -0.25) is 4.79 Å². The summed E-state index contributed by atoms with van der Waals surface area (Å²) >= 11 is 0. The van der Waals surface area contributed by atoms with Crippen LogP contribution in [0.1, 0.15) is 64.5 Å². The van der Waals surface area contributed by atoms with Gasteiger partial charge in [0.15, 0.2) is 0 Å². The summed E-state index contributed by atoms with van der Waals surface area (Å²) in [6, 6.07) is 8.53. The molecule has 0 fully saturated rings. The van der Waals surface area contributed by atoms with Crippen molar-refractivity contribution < 1.29 is 19.1 Å². The van der Waals surface area contributed by atoms with Gasteiger partial charge in [-0.2, -0.15) is 0 Å². The van der Waals surface area contributed by atoms with Crippen molar-refractivity contribution in [1.29, 1.82) is 0 Å². The van der Waals surface area contributed by atoms with Crippen LogP contribution in [0.4, 0.5) is 0 Å². The first-order chi connectivity index (χ1) is 13.1. The van der Waals surface area contributed by atoms with Crippen LogP contribution < -0.4 is 0 Å². The number of Topliss-reactive ketones (excluding diaryl/α,β-unsaturated/α-hetero) is 1. The van der Waals surface area contributed by atoms with Crippen molar-refractivity contribution in [1.82, 2.24) is 0 Å². The molecular weight excluding hydrogens is 340 g/mol. The van der Waals surface area contributed by atoms with Crippen molar-refractivity contribution in [2.45, 2.75) is 66.2 Å². The Labute approximate surface area is 165 Å². The zero-order chi connectivity index (χ0) is 20.3. The number of rotatable bonds is 15. The lowest BCUT2D eigenvalue weighted by Gasteiger charge is -2.07. The summed E-state index contributed by atoms with van der Waals surface area (Å²) in [4.78, 5) is 21.7. The second-order valence-corrected chi connectivity index (χ2v) is 6.57. The van der Waals surface area contributed by atoms with E-state index in [1.54, 1.807) is 0 Å². The summed E-state index contributed by atoms with van der Waals surface area (Å²) < 4.78 is 11.1. The molecule has 0 aliphatic carbocycles. The van der Waals surface area contributed by atoms with Crippen molar-refractivity contribution >= 4 is 12.1 Å². The van der Waals surface area contributed by atoms with Crippen LogP contribution in [0.2, 0.25) is 0 Å². The number of hydrogen-bond acceptors (Lipinski definition) is 4. The Balaban J connectivity index is 0.00000326. The topological polar surface area (TPSA) is 52.6 Å². The molecule has 0 radical (unpaired) electrons. The molecule has 0 atom stereocenters. The van der Waals surface area contributed by atoms with Gasteiger partial charge in [-0.1, -0.05) is 52.0 Å². The fourth-order valence-electron chi connectivity index (χ4n) is 2.36. The number of hydrogen-bond donors (Lipinski definition) is 0. The molecule has 0 N–H and O–H groups in total. The van der Waals surface area contributed by atoms with Gasteiger partial charge in [0, 0.05) is 32.0 Å². The van der Waals surface area contributed by atoms with E-state index in [1.807, 2.05) is 27.7 Å². The highest BCUT2D eigenvalue weighted by atomic mass is 16.5. The van der Waals surface area contributed by atoms with E-state index in [2.05, 4.69) is 24.3 Å². The molecule has 0 aliphatic heterocycles. The van der Waals surface area contributed by atoms with Gasteiger partial charge in [0.25, 0.3) is 0 Å². The lowest BCUT2D eigenvalue weighted by molar-refractivity contribution is -0.122. The van der Waals surface area contributed by atoms with Gasteiger partial charge in [0.05, 0.1) is 13.2 Å². The predicted molar refractivity (Wildman–Crippen MR) is 111 cm³/mol. The summed E-state index contributed by atoms with van der Waals surface area (Å²) in [6.07, 6.45) is 5.50. The fraction of sp³-hybridized carbons (Fsp3) is 0.652. The van der Waals surface area contributed by atoms with Crippen LogP contribution in [0.25, 0.3) is 0 Å². The zero-order valence-corrected chi connectivity index (χ0v) is 17.7. The van der Waals surface area contributed by atoms with Crippen LogP contribution in [0.3, 0.4) is 0 Å². The van der Waals surface area contributed by atoms with E-state index >= 15 is 0 Å². The molecule has 0 aromatic heterocycles.